The molecular weight excluding hydrogens is 1090 g/mol. The Morgan fingerprint density at radius 3 is 1.28 bits per heavy atom. The number of sulfone groups is 1. The van der Waals surface area contributed by atoms with Crippen molar-refractivity contribution in [1.29, 1.82) is 0 Å². The van der Waals surface area contributed by atoms with Gasteiger partial charge in [0.05, 0.1) is 17.2 Å². The number of aryl methyl sites for hydroxylation is 1. The van der Waals surface area contributed by atoms with E-state index in [0.717, 1.165) is 166 Å². The van der Waals surface area contributed by atoms with Gasteiger partial charge in [0.2, 0.25) is 0 Å². The van der Waals surface area contributed by atoms with Gasteiger partial charge in [-0.25, -0.2) is 8.42 Å². The number of nitrogens with zero attached hydrogens (tertiary/aromatic N) is 2. The van der Waals surface area contributed by atoms with Crippen LogP contribution in [0.3, 0.4) is 0 Å². The predicted octanol–water partition coefficient (Wildman–Crippen LogP) is 23.4. The fourth-order valence-corrected chi connectivity index (χ4v) is 24.5. The van der Waals surface area contributed by atoms with E-state index >= 15 is 0 Å². The van der Waals surface area contributed by atoms with Gasteiger partial charge in [0.1, 0.15) is 15.6 Å². The summed E-state index contributed by atoms with van der Waals surface area (Å²) in [6.07, 6.45) is 41.8. The van der Waals surface area contributed by atoms with E-state index in [9.17, 15) is 13.2 Å². The van der Waals surface area contributed by atoms with Gasteiger partial charge >= 0.3 is 0 Å². The Morgan fingerprint density at radius 2 is 0.943 bits per heavy atom. The zero-order valence-electron chi connectivity index (χ0n) is 62.2. The summed E-state index contributed by atoms with van der Waals surface area (Å²) >= 11 is 0. The minimum absolute atomic E-state index is 0.413. The van der Waals surface area contributed by atoms with E-state index in [1.807, 2.05) is 24.0 Å². The summed E-state index contributed by atoms with van der Waals surface area (Å²) in [6, 6.07) is 2.05. The number of rotatable bonds is 8. The molecule has 88 heavy (non-hydrogen) atoms. The van der Waals surface area contributed by atoms with Crippen LogP contribution in [-0.4, -0.2) is 35.5 Å². The maximum absolute atomic E-state index is 11.3. The minimum Gasteiger partial charge on any atom is -0.300 e. The van der Waals surface area contributed by atoms with Gasteiger partial charge in [-0.3, -0.25) is 9.48 Å². The van der Waals surface area contributed by atoms with Gasteiger partial charge in [-0.15, -0.1) is 0 Å². The summed E-state index contributed by atoms with van der Waals surface area (Å²) in [6.45, 7) is 47.2. The number of hydrogen-bond acceptors (Lipinski definition) is 4. The average molecular weight is 1240 g/mol. The molecule has 1 saturated heterocycles. The highest BCUT2D eigenvalue weighted by molar-refractivity contribution is 7.91. The SMILES string of the molecule is CC(C)C12CCC(C)(CC1)C2.CC(C)C1C2CCC1CC(=O)C2.CC(C)C1C2CCC1CC(C)(C)C2.CC(C)C1CC2CCC2C1.CC(C)C1CCCC12CC2.CC(C)C1CCS(=O)(=O)CC1.CC(C)c1ccn(C)n1.CC1CC2CCC(C1)C2C(C)C. The van der Waals surface area contributed by atoms with Crippen LogP contribution in [0, 0.1) is 152 Å². The summed E-state index contributed by atoms with van der Waals surface area (Å²) in [5.74, 6) is 23.0. The van der Waals surface area contributed by atoms with E-state index < -0.39 is 9.84 Å². The predicted molar refractivity (Wildman–Crippen MR) is 379 cm³/mol. The first-order valence-corrected chi connectivity index (χ1v) is 40.7. The monoisotopic (exact) mass is 1240 g/mol. The van der Waals surface area contributed by atoms with E-state index in [1.165, 1.54) is 109 Å². The van der Waals surface area contributed by atoms with Crippen LogP contribution >= 0.6 is 0 Å². The van der Waals surface area contributed by atoms with Crippen LogP contribution in [0.5, 0.6) is 0 Å². The summed E-state index contributed by atoms with van der Waals surface area (Å²) in [5.41, 5.74) is 4.22. The zero-order chi connectivity index (χ0) is 64.8. The second-order valence-corrected chi connectivity index (χ2v) is 40.1. The van der Waals surface area contributed by atoms with Gasteiger partial charge in [0.15, 0.2) is 0 Å². The van der Waals surface area contributed by atoms with Crippen LogP contribution in [0.1, 0.15) is 330 Å². The van der Waals surface area contributed by atoms with Crippen LogP contribution in [0.25, 0.3) is 0 Å². The Hall–Kier alpha value is -1.17. The summed E-state index contributed by atoms with van der Waals surface area (Å²) in [7, 11) is -0.713. The first-order chi connectivity index (χ1) is 41.1. The van der Waals surface area contributed by atoms with Crippen LogP contribution in [0.4, 0.5) is 0 Å². The third-order valence-electron chi connectivity index (χ3n) is 28.0. The molecule has 0 radical (unpaired) electrons. The van der Waals surface area contributed by atoms with E-state index in [2.05, 4.69) is 144 Å². The lowest BCUT2D eigenvalue weighted by Gasteiger charge is -2.42. The third kappa shape index (κ3) is 19.7. The van der Waals surface area contributed by atoms with Crippen molar-refractivity contribution in [3.05, 3.63) is 18.0 Å². The normalized spacial score (nSPS) is 37.9. The standard InChI is InChI=1S/C13H24.C12H22.C11H18O.C11H20.2C10H18.C8H16O2S.C7H12N2/c1-9(2)12-10-5-6-11(12)8-13(3,4)7-10;1-8(2)12-10-4-5-11(12)7-9(3)6-10;1-7(2)11-8-3-4-9(11)6-10(12)5-8;1-9(2)11-6-4-10(3,8-11)5-7-11;1-7(2)10-5-8-3-4-9(8)6-10;1-8(2)9-4-3-5-10(9)6-7-10;1-7(2)8-3-5-11(9,10)6-4-8;1-6(2)7-4-5-9(3)8-7/h9-12H,5-8H2,1-4H3;8-12H,4-7H2,1-3H3;7-9,11H,3-6H2,1-2H3;9H,4-8H2,1-3H3;7-10H,3-6H2,1-2H3;8-9H,3-7H2,1-2H3;7-8H,3-6H2,1-2H3;4-6H,1-3H3. The number of ketones is 1. The van der Waals surface area contributed by atoms with Crippen molar-refractivity contribution >= 4 is 15.6 Å². The highest BCUT2D eigenvalue weighted by Gasteiger charge is 2.54. The van der Waals surface area contributed by atoms with Crippen molar-refractivity contribution in [1.82, 2.24) is 9.78 Å². The highest BCUT2D eigenvalue weighted by atomic mass is 32.2. The van der Waals surface area contributed by atoms with Crippen LogP contribution in [-0.2, 0) is 21.7 Å². The lowest BCUT2D eigenvalue weighted by atomic mass is 9.63. The quantitative estimate of drug-likeness (QED) is 0.260. The van der Waals surface area contributed by atoms with Crippen LogP contribution in [0.15, 0.2) is 12.3 Å². The van der Waals surface area contributed by atoms with Gasteiger partial charge in [0, 0.05) is 26.1 Å². The Labute approximate surface area is 548 Å². The molecule has 0 aromatic carbocycles. The topological polar surface area (TPSA) is 69.0 Å². The molecule has 12 aliphatic carbocycles. The van der Waals surface area contributed by atoms with E-state index in [0.29, 0.717) is 40.5 Å². The Balaban J connectivity index is 0.000000144. The van der Waals surface area contributed by atoms with Crippen molar-refractivity contribution in [2.24, 2.45) is 159 Å². The molecule has 6 heteroatoms. The second kappa shape index (κ2) is 31.6. The molecule has 14 rings (SSSR count). The molecule has 12 saturated carbocycles. The highest BCUT2D eigenvalue weighted by Crippen LogP contribution is 2.65. The van der Waals surface area contributed by atoms with Gasteiger partial charge in [-0.05, 0) is 324 Å². The maximum Gasteiger partial charge on any atom is 0.150 e. The molecule has 2 heterocycles. The lowest BCUT2D eigenvalue weighted by Crippen LogP contribution is -2.33. The molecule has 13 aliphatic rings. The molecule has 0 N–H and O–H groups in total. The molecule has 1 aliphatic heterocycles. The fraction of sp³-hybridized carbons (Fsp3) is 0.951. The first-order valence-electron chi connectivity index (χ1n) is 38.9. The maximum atomic E-state index is 11.3. The van der Waals surface area contributed by atoms with Gasteiger partial charge in [-0.2, -0.15) is 5.10 Å². The number of fused-ring (bicyclic) bond motifs is 9. The van der Waals surface area contributed by atoms with Crippen LogP contribution < -0.4 is 0 Å². The number of aromatic nitrogens is 2. The Morgan fingerprint density at radius 1 is 0.500 bits per heavy atom. The van der Waals surface area contributed by atoms with Crippen molar-refractivity contribution < 1.29 is 13.2 Å². The van der Waals surface area contributed by atoms with Gasteiger partial charge < -0.3 is 0 Å². The Kier molecular flexibility index (Phi) is 26.6. The zero-order valence-corrected chi connectivity index (χ0v) is 63.0. The molecule has 9 atom stereocenters. The number of Topliss-reactive ketones (excluding diaryl/α,β-unsaturated/α-hetero) is 1. The van der Waals surface area contributed by atoms with Crippen molar-refractivity contribution in [3.63, 3.8) is 0 Å². The summed E-state index contributed by atoms with van der Waals surface area (Å²) in [5, 5.41) is 4.23. The minimum atomic E-state index is -2.65. The molecule has 13 fully saturated rings. The van der Waals surface area contributed by atoms with Gasteiger partial charge in [0.25, 0.3) is 0 Å². The van der Waals surface area contributed by atoms with E-state index in [1.54, 1.807) is 44.9 Å². The summed E-state index contributed by atoms with van der Waals surface area (Å²) < 4.78 is 23.9. The third-order valence-corrected chi connectivity index (χ3v) is 29.8. The molecule has 1 aromatic rings. The fourth-order valence-electron chi connectivity index (χ4n) is 23.0. The molecule has 8 bridgehead atoms. The smallest absolute Gasteiger partial charge is 0.150 e. The van der Waals surface area contributed by atoms with E-state index in [4.69, 9.17) is 0 Å². The molecule has 0 amide bonds. The number of carbonyl (C=O) groups is 1. The lowest BCUT2D eigenvalue weighted by molar-refractivity contribution is -0.123. The first kappa shape index (κ1) is 74.2. The van der Waals surface area contributed by atoms with Crippen molar-refractivity contribution in [3.8, 4) is 0 Å². The van der Waals surface area contributed by atoms with Crippen molar-refractivity contribution in [2.45, 2.75) is 324 Å². The molecule has 510 valence electrons. The van der Waals surface area contributed by atoms with Gasteiger partial charge in [-0.1, -0.05) is 145 Å². The average Bonchev–Trinajstić information content (AvgIpc) is 2.09. The van der Waals surface area contributed by atoms with Crippen molar-refractivity contribution in [2.75, 3.05) is 11.5 Å². The molecule has 5 nitrogen and oxygen atoms in total. The Bertz CT molecular complexity index is 2280. The number of carbonyl (C=O) groups excluding carboxylic acids is 1. The molecular formula is C82H148N2O3S. The van der Waals surface area contributed by atoms with Crippen LogP contribution in [0.2, 0.25) is 0 Å². The number of hydrogen-bond donors (Lipinski definition) is 0. The molecule has 1 aromatic heterocycles. The summed E-state index contributed by atoms with van der Waals surface area (Å²) in [4.78, 5) is 11.3. The second-order valence-electron chi connectivity index (χ2n) is 37.8. The molecule has 9 unspecified atom stereocenters. The largest absolute Gasteiger partial charge is 0.300 e. The van der Waals surface area contributed by atoms with E-state index in [-0.39, 0.29) is 0 Å². The molecule has 1 spiro atoms.